The molecule has 1 aromatic carbocycles. The lowest BCUT2D eigenvalue weighted by atomic mass is 9.99. The maximum atomic E-state index is 4.19. The Morgan fingerprint density at radius 3 is 2.74 bits per heavy atom. The van der Waals surface area contributed by atoms with Crippen LogP contribution in [0.1, 0.15) is 31.7 Å². The zero-order valence-electron chi connectivity index (χ0n) is 16.0. The molecule has 1 aliphatic heterocycles. The highest BCUT2D eigenvalue weighted by molar-refractivity contribution is 5.66. The lowest BCUT2D eigenvalue weighted by Crippen LogP contribution is -2.34. The van der Waals surface area contributed by atoms with Crippen molar-refractivity contribution < 1.29 is 0 Å². The first-order chi connectivity index (χ1) is 13.3. The third-order valence-electron chi connectivity index (χ3n) is 5.50. The molecular formula is C21H28N6. The van der Waals surface area contributed by atoms with E-state index < -0.39 is 0 Å². The highest BCUT2D eigenvalue weighted by Crippen LogP contribution is 2.21. The quantitative estimate of drug-likeness (QED) is 0.653. The Hall–Kier alpha value is -2.31. The fourth-order valence-corrected chi connectivity index (χ4v) is 3.77. The molecule has 1 N–H and O–H groups in total. The number of aromatic nitrogens is 4. The summed E-state index contributed by atoms with van der Waals surface area (Å²) in [6, 6.07) is 12.6. The van der Waals surface area contributed by atoms with Crippen molar-refractivity contribution >= 4 is 5.65 Å². The molecule has 0 amide bonds. The van der Waals surface area contributed by atoms with Crippen molar-refractivity contribution in [3.63, 3.8) is 0 Å². The van der Waals surface area contributed by atoms with E-state index in [1.165, 1.54) is 44.5 Å². The summed E-state index contributed by atoms with van der Waals surface area (Å²) in [5.41, 5.74) is 4.27. The van der Waals surface area contributed by atoms with Gasteiger partial charge in [-0.3, -0.25) is 0 Å². The van der Waals surface area contributed by atoms with Crippen LogP contribution < -0.4 is 5.32 Å². The topological polar surface area (TPSA) is 58.4 Å². The van der Waals surface area contributed by atoms with Crippen molar-refractivity contribution in [3.8, 4) is 11.1 Å². The molecule has 6 nitrogen and oxygen atoms in total. The number of likely N-dealkylation sites (tertiary alicyclic amines) is 1. The highest BCUT2D eigenvalue weighted by atomic mass is 15.5. The number of benzene rings is 1. The van der Waals surface area contributed by atoms with E-state index in [0.29, 0.717) is 0 Å². The Morgan fingerprint density at radius 1 is 1.11 bits per heavy atom. The fraction of sp³-hybridized carbons (Fsp3) is 0.476. The summed E-state index contributed by atoms with van der Waals surface area (Å²) in [7, 11) is 0. The van der Waals surface area contributed by atoms with Gasteiger partial charge in [0.1, 0.15) is 0 Å². The molecule has 0 radical (unpaired) electrons. The van der Waals surface area contributed by atoms with Crippen LogP contribution in [0.5, 0.6) is 0 Å². The smallest absolute Gasteiger partial charge is 0.183 e. The van der Waals surface area contributed by atoms with Crippen LogP contribution in [-0.4, -0.2) is 51.1 Å². The second kappa shape index (κ2) is 8.59. The van der Waals surface area contributed by atoms with Gasteiger partial charge in [0.15, 0.2) is 5.65 Å². The lowest BCUT2D eigenvalue weighted by Gasteiger charge is -2.30. The molecule has 0 spiro atoms. The number of rotatable bonds is 7. The summed E-state index contributed by atoms with van der Waals surface area (Å²) in [5.74, 6) is 0.899. The number of hydrogen-bond donors (Lipinski definition) is 1. The van der Waals surface area contributed by atoms with Crippen molar-refractivity contribution in [2.75, 3.05) is 26.2 Å². The molecule has 1 aliphatic rings. The number of fused-ring (bicyclic) bond motifs is 1. The second-order valence-electron chi connectivity index (χ2n) is 7.62. The van der Waals surface area contributed by atoms with E-state index in [-0.39, 0.29) is 0 Å². The first-order valence-corrected chi connectivity index (χ1v) is 9.99. The van der Waals surface area contributed by atoms with Crippen molar-refractivity contribution in [1.82, 2.24) is 30.3 Å². The lowest BCUT2D eigenvalue weighted by molar-refractivity contribution is 0.190. The normalized spacial score (nSPS) is 16.2. The summed E-state index contributed by atoms with van der Waals surface area (Å²) < 4.78 is 1.77. The monoisotopic (exact) mass is 364 g/mol. The minimum Gasteiger partial charge on any atom is -0.312 e. The van der Waals surface area contributed by atoms with Crippen LogP contribution in [0.3, 0.4) is 0 Å². The molecule has 1 fully saturated rings. The SMILES string of the molecule is CC1CCN(CCCNCc2cc(-c3ccccc3)cn3nnnc23)CC1. The number of pyridine rings is 1. The summed E-state index contributed by atoms with van der Waals surface area (Å²) >= 11 is 0. The van der Waals surface area contributed by atoms with Gasteiger partial charge in [-0.25, -0.2) is 0 Å². The largest absolute Gasteiger partial charge is 0.312 e. The molecule has 0 bridgehead atoms. The van der Waals surface area contributed by atoms with E-state index in [1.807, 2.05) is 12.3 Å². The molecule has 27 heavy (non-hydrogen) atoms. The van der Waals surface area contributed by atoms with E-state index >= 15 is 0 Å². The Morgan fingerprint density at radius 2 is 1.93 bits per heavy atom. The standard InChI is InChI=1S/C21H28N6/c1-17-8-12-26(13-9-17)11-5-10-22-15-19-14-20(18-6-3-2-4-7-18)16-27-21(19)23-24-25-27/h2-4,6-7,14,16-17,22H,5,8-13,15H2,1H3. The van der Waals surface area contributed by atoms with Gasteiger partial charge in [0, 0.05) is 23.9 Å². The van der Waals surface area contributed by atoms with Gasteiger partial charge in [0.05, 0.1) is 0 Å². The predicted molar refractivity (Wildman–Crippen MR) is 107 cm³/mol. The van der Waals surface area contributed by atoms with Gasteiger partial charge in [0.2, 0.25) is 0 Å². The number of hydrogen-bond acceptors (Lipinski definition) is 5. The molecule has 3 aromatic rings. The highest BCUT2D eigenvalue weighted by Gasteiger charge is 2.14. The molecule has 0 aliphatic carbocycles. The molecule has 6 heteroatoms. The number of tetrazole rings is 1. The van der Waals surface area contributed by atoms with Crippen LogP contribution >= 0.6 is 0 Å². The van der Waals surface area contributed by atoms with Crippen LogP contribution in [0.4, 0.5) is 0 Å². The van der Waals surface area contributed by atoms with Crippen LogP contribution in [-0.2, 0) is 6.54 Å². The van der Waals surface area contributed by atoms with E-state index in [0.717, 1.165) is 35.8 Å². The average Bonchev–Trinajstić information content (AvgIpc) is 3.18. The Bertz CT molecular complexity index is 851. The summed E-state index contributed by atoms with van der Waals surface area (Å²) in [6.07, 6.45) is 5.86. The Balaban J connectivity index is 1.35. The summed E-state index contributed by atoms with van der Waals surface area (Å²) in [6.45, 7) is 7.85. The van der Waals surface area contributed by atoms with Crippen LogP contribution in [0, 0.1) is 5.92 Å². The number of piperidine rings is 1. The Kier molecular flexibility index (Phi) is 5.75. The molecule has 3 heterocycles. The first-order valence-electron chi connectivity index (χ1n) is 9.99. The van der Waals surface area contributed by atoms with E-state index in [2.05, 4.69) is 63.0 Å². The van der Waals surface area contributed by atoms with Gasteiger partial charge in [-0.1, -0.05) is 37.3 Å². The summed E-state index contributed by atoms with van der Waals surface area (Å²) in [5, 5.41) is 15.7. The van der Waals surface area contributed by atoms with E-state index in [9.17, 15) is 0 Å². The molecule has 1 saturated heterocycles. The van der Waals surface area contributed by atoms with E-state index in [1.54, 1.807) is 4.52 Å². The van der Waals surface area contributed by atoms with Gasteiger partial charge in [-0.05, 0) is 73.4 Å². The van der Waals surface area contributed by atoms with Gasteiger partial charge < -0.3 is 10.2 Å². The third-order valence-corrected chi connectivity index (χ3v) is 5.50. The summed E-state index contributed by atoms with van der Waals surface area (Å²) in [4.78, 5) is 2.60. The van der Waals surface area contributed by atoms with Gasteiger partial charge in [0.25, 0.3) is 0 Å². The molecule has 142 valence electrons. The Labute approximate surface area is 160 Å². The second-order valence-corrected chi connectivity index (χ2v) is 7.62. The van der Waals surface area contributed by atoms with Gasteiger partial charge in [-0.2, -0.15) is 4.52 Å². The van der Waals surface area contributed by atoms with Crippen molar-refractivity contribution in [2.24, 2.45) is 5.92 Å². The van der Waals surface area contributed by atoms with Crippen molar-refractivity contribution in [3.05, 3.63) is 48.2 Å². The molecular weight excluding hydrogens is 336 g/mol. The average molecular weight is 364 g/mol. The molecule has 0 saturated carbocycles. The van der Waals surface area contributed by atoms with Crippen LogP contribution in [0.2, 0.25) is 0 Å². The maximum absolute atomic E-state index is 4.19. The third kappa shape index (κ3) is 4.51. The van der Waals surface area contributed by atoms with Crippen molar-refractivity contribution in [1.29, 1.82) is 0 Å². The van der Waals surface area contributed by atoms with E-state index in [4.69, 9.17) is 0 Å². The maximum Gasteiger partial charge on any atom is 0.183 e. The molecule has 0 atom stereocenters. The zero-order valence-corrected chi connectivity index (χ0v) is 16.0. The predicted octanol–water partition coefficient (Wildman–Crippen LogP) is 3.00. The minimum absolute atomic E-state index is 0.779. The van der Waals surface area contributed by atoms with Crippen LogP contribution in [0.25, 0.3) is 16.8 Å². The fourth-order valence-electron chi connectivity index (χ4n) is 3.77. The molecule has 0 unspecified atom stereocenters. The van der Waals surface area contributed by atoms with Gasteiger partial charge in [-0.15, -0.1) is 5.10 Å². The molecule has 4 rings (SSSR count). The zero-order chi connectivity index (χ0) is 18.5. The van der Waals surface area contributed by atoms with Gasteiger partial charge >= 0.3 is 0 Å². The number of nitrogens with zero attached hydrogens (tertiary/aromatic N) is 5. The molecule has 2 aromatic heterocycles. The number of nitrogens with one attached hydrogen (secondary N) is 1. The van der Waals surface area contributed by atoms with Crippen molar-refractivity contribution in [2.45, 2.75) is 32.7 Å². The first kappa shape index (κ1) is 18.1. The van der Waals surface area contributed by atoms with Crippen LogP contribution in [0.15, 0.2) is 42.6 Å². The minimum atomic E-state index is 0.779.